The number of hydrogen-bond acceptors (Lipinski definition) is 1. The highest BCUT2D eigenvalue weighted by Crippen LogP contribution is 1.69. The summed E-state index contributed by atoms with van der Waals surface area (Å²) in [5.41, 5.74) is 0. The van der Waals surface area contributed by atoms with Crippen LogP contribution in [0.5, 0.6) is 0 Å². The van der Waals surface area contributed by atoms with Gasteiger partial charge >= 0.3 is 0 Å². The van der Waals surface area contributed by atoms with Crippen LogP contribution in [0, 0.1) is 0 Å². The van der Waals surface area contributed by atoms with Crippen LogP contribution in [-0.2, 0) is 0 Å². The number of allylic oxidation sites excluding steroid dienone is 3. The molecule has 34 valence electrons. The fourth-order valence-electron chi connectivity index (χ4n) is 0.161. The summed E-state index contributed by atoms with van der Waals surface area (Å²) in [4.78, 5) is 0. The standard InChI is InChI=1S/C5H8O/c1-2-3-4-5-6/h2-6H,1H3/b3-2+,5-4+. The molecule has 1 heteroatoms. The van der Waals surface area contributed by atoms with Gasteiger partial charge in [-0.3, -0.25) is 0 Å². The average molecular weight is 84.1 g/mol. The van der Waals surface area contributed by atoms with Crippen LogP contribution >= 0.6 is 0 Å². The molecule has 0 aromatic carbocycles. The highest BCUT2D eigenvalue weighted by atomic mass is 16.2. The Kier molecular flexibility index (Phi) is 3.77. The Bertz CT molecular complexity index is 52.3. The van der Waals surface area contributed by atoms with E-state index in [9.17, 15) is 0 Å². The average Bonchev–Trinajstić information content (AvgIpc) is 1.61. The second-order valence-corrected chi connectivity index (χ2v) is 0.867. The maximum absolute atomic E-state index is 7.97. The molecular weight excluding hydrogens is 76.1 g/mol. The van der Waals surface area contributed by atoms with Crippen molar-refractivity contribution in [1.82, 2.24) is 0 Å². The molecule has 0 heterocycles. The largest absolute Gasteiger partial charge is 0.516 e. The monoisotopic (exact) mass is 84.1 g/mol. The minimum Gasteiger partial charge on any atom is -0.516 e. The van der Waals surface area contributed by atoms with Crippen LogP contribution in [0.2, 0.25) is 0 Å². The van der Waals surface area contributed by atoms with Crippen LogP contribution in [0.3, 0.4) is 0 Å². The molecule has 0 radical (unpaired) electrons. The molecule has 0 aromatic heterocycles. The lowest BCUT2D eigenvalue weighted by Gasteiger charge is -1.63. The molecular formula is C5H8O. The first kappa shape index (κ1) is 5.28. The van der Waals surface area contributed by atoms with Crippen molar-refractivity contribution in [3.63, 3.8) is 0 Å². The van der Waals surface area contributed by atoms with E-state index >= 15 is 0 Å². The molecule has 0 unspecified atom stereocenters. The van der Waals surface area contributed by atoms with Gasteiger partial charge in [-0.15, -0.1) is 0 Å². The van der Waals surface area contributed by atoms with Crippen molar-refractivity contribution in [1.29, 1.82) is 0 Å². The van der Waals surface area contributed by atoms with E-state index in [1.807, 2.05) is 13.0 Å². The molecule has 1 nitrogen and oxygen atoms in total. The maximum atomic E-state index is 7.97. The summed E-state index contributed by atoms with van der Waals surface area (Å²) < 4.78 is 0. The summed E-state index contributed by atoms with van der Waals surface area (Å²) in [6.07, 6.45) is 6.15. The molecule has 0 fully saturated rings. The molecule has 0 saturated carbocycles. The fraction of sp³-hybridized carbons (Fsp3) is 0.200. The van der Waals surface area contributed by atoms with Crippen LogP contribution in [0.25, 0.3) is 0 Å². The van der Waals surface area contributed by atoms with E-state index in [1.165, 1.54) is 0 Å². The zero-order chi connectivity index (χ0) is 4.83. The number of hydrogen-bond donors (Lipinski definition) is 1. The predicted molar refractivity (Wildman–Crippen MR) is 26.6 cm³/mol. The Morgan fingerprint density at radius 3 is 2.17 bits per heavy atom. The molecule has 1 N–H and O–H groups in total. The Labute approximate surface area is 37.6 Å². The van der Waals surface area contributed by atoms with Gasteiger partial charge in [0.05, 0.1) is 6.26 Å². The molecule has 0 saturated heterocycles. The van der Waals surface area contributed by atoms with E-state index < -0.39 is 0 Å². The summed E-state index contributed by atoms with van der Waals surface area (Å²) in [6, 6.07) is 0. The lowest BCUT2D eigenvalue weighted by atomic mass is 10.5. The first-order chi connectivity index (χ1) is 2.91. The zero-order valence-corrected chi connectivity index (χ0v) is 3.76. The van der Waals surface area contributed by atoms with E-state index in [0.717, 1.165) is 6.26 Å². The molecule has 0 bridgehead atoms. The van der Waals surface area contributed by atoms with Gasteiger partial charge in [-0.1, -0.05) is 12.2 Å². The zero-order valence-electron chi connectivity index (χ0n) is 3.76. The number of aliphatic hydroxyl groups is 1. The maximum Gasteiger partial charge on any atom is 0.0791 e. The summed E-state index contributed by atoms with van der Waals surface area (Å²) in [5.74, 6) is 0. The van der Waals surface area contributed by atoms with E-state index in [1.54, 1.807) is 12.2 Å². The third-order valence-corrected chi connectivity index (χ3v) is 0.390. The smallest absolute Gasteiger partial charge is 0.0791 e. The molecule has 0 aliphatic carbocycles. The Balaban J connectivity index is 3.07. The molecule has 0 aromatic rings. The molecule has 0 spiro atoms. The first-order valence-electron chi connectivity index (χ1n) is 1.84. The van der Waals surface area contributed by atoms with Gasteiger partial charge in [0.25, 0.3) is 0 Å². The number of aliphatic hydroxyl groups excluding tert-OH is 1. The van der Waals surface area contributed by atoms with Crippen molar-refractivity contribution in [2.24, 2.45) is 0 Å². The van der Waals surface area contributed by atoms with Gasteiger partial charge in [-0.05, 0) is 13.0 Å². The van der Waals surface area contributed by atoms with E-state index in [-0.39, 0.29) is 0 Å². The fourth-order valence-corrected chi connectivity index (χ4v) is 0.161. The topological polar surface area (TPSA) is 20.2 Å². The van der Waals surface area contributed by atoms with E-state index in [0.29, 0.717) is 0 Å². The van der Waals surface area contributed by atoms with Crippen molar-refractivity contribution in [3.05, 3.63) is 24.5 Å². The third kappa shape index (κ3) is 3.28. The lowest BCUT2D eigenvalue weighted by molar-refractivity contribution is 0.473. The summed E-state index contributed by atoms with van der Waals surface area (Å²) in [7, 11) is 0. The van der Waals surface area contributed by atoms with Gasteiger partial charge in [0.2, 0.25) is 0 Å². The molecule has 0 aliphatic heterocycles. The van der Waals surface area contributed by atoms with Gasteiger partial charge < -0.3 is 5.11 Å². The first-order valence-corrected chi connectivity index (χ1v) is 1.84. The summed E-state index contributed by atoms with van der Waals surface area (Å²) in [6.45, 7) is 1.89. The lowest BCUT2D eigenvalue weighted by Crippen LogP contribution is -1.44. The molecule has 0 atom stereocenters. The Hall–Kier alpha value is -0.720. The van der Waals surface area contributed by atoms with Crippen molar-refractivity contribution < 1.29 is 5.11 Å². The van der Waals surface area contributed by atoms with Crippen LogP contribution < -0.4 is 0 Å². The highest BCUT2D eigenvalue weighted by Gasteiger charge is 1.50. The minimum absolute atomic E-state index is 1.00. The van der Waals surface area contributed by atoms with Crippen LogP contribution in [0.1, 0.15) is 6.92 Å². The molecule has 0 aliphatic rings. The highest BCUT2D eigenvalue weighted by molar-refractivity contribution is 4.96. The van der Waals surface area contributed by atoms with Crippen molar-refractivity contribution in [2.75, 3.05) is 0 Å². The van der Waals surface area contributed by atoms with Gasteiger partial charge in [-0.2, -0.15) is 0 Å². The van der Waals surface area contributed by atoms with Crippen molar-refractivity contribution in [2.45, 2.75) is 6.92 Å². The van der Waals surface area contributed by atoms with Gasteiger partial charge in [-0.25, -0.2) is 0 Å². The Morgan fingerprint density at radius 2 is 2.00 bits per heavy atom. The number of rotatable bonds is 1. The molecule has 0 rings (SSSR count). The summed E-state index contributed by atoms with van der Waals surface area (Å²) in [5, 5.41) is 7.97. The normalized spacial score (nSPS) is 11.5. The van der Waals surface area contributed by atoms with Crippen molar-refractivity contribution >= 4 is 0 Å². The van der Waals surface area contributed by atoms with Gasteiger partial charge in [0, 0.05) is 0 Å². The summed E-state index contributed by atoms with van der Waals surface area (Å²) >= 11 is 0. The van der Waals surface area contributed by atoms with Crippen LogP contribution in [0.15, 0.2) is 24.5 Å². The van der Waals surface area contributed by atoms with Crippen LogP contribution in [-0.4, -0.2) is 5.11 Å². The quantitative estimate of drug-likeness (QED) is 0.378. The SMILES string of the molecule is C/C=C/C=C/O. The van der Waals surface area contributed by atoms with Crippen molar-refractivity contribution in [3.8, 4) is 0 Å². The minimum atomic E-state index is 1.00. The van der Waals surface area contributed by atoms with Gasteiger partial charge in [0.1, 0.15) is 0 Å². The molecule has 0 amide bonds. The Morgan fingerprint density at radius 1 is 1.33 bits per heavy atom. The third-order valence-electron chi connectivity index (χ3n) is 0.390. The predicted octanol–water partition coefficient (Wildman–Crippen LogP) is 1.63. The van der Waals surface area contributed by atoms with E-state index in [2.05, 4.69) is 0 Å². The van der Waals surface area contributed by atoms with Crippen LogP contribution in [0.4, 0.5) is 0 Å². The molecule has 6 heavy (non-hydrogen) atoms. The second kappa shape index (κ2) is 4.28. The van der Waals surface area contributed by atoms with E-state index in [4.69, 9.17) is 5.11 Å². The second-order valence-electron chi connectivity index (χ2n) is 0.867. The van der Waals surface area contributed by atoms with Gasteiger partial charge in [0.15, 0.2) is 0 Å².